The van der Waals surface area contributed by atoms with Crippen molar-refractivity contribution in [2.24, 2.45) is 0 Å². The molecule has 0 radical (unpaired) electrons. The Hall–Kier alpha value is -1.01. The summed E-state index contributed by atoms with van der Waals surface area (Å²) in [5.41, 5.74) is -1.51. The second-order valence-corrected chi connectivity index (χ2v) is 2.96. The van der Waals surface area contributed by atoms with Gasteiger partial charge in [-0.3, -0.25) is 10.1 Å². The van der Waals surface area contributed by atoms with Crippen LogP contribution in [0.3, 0.4) is 0 Å². The minimum absolute atomic E-state index is 0.532. The van der Waals surface area contributed by atoms with E-state index < -0.39 is 32.8 Å². The monoisotopic (exact) mass is 242 g/mol. The molecule has 8 heteroatoms. The van der Waals surface area contributed by atoms with Gasteiger partial charge < -0.3 is 0 Å². The molecule has 76 valence electrons. The SMILES string of the molecule is O=[N+]([O-])c1cnc(Cl)c(C(F)F)c1Cl. The zero-order valence-corrected chi connectivity index (χ0v) is 7.89. The van der Waals surface area contributed by atoms with Gasteiger partial charge >= 0.3 is 5.69 Å². The second kappa shape index (κ2) is 4.02. The van der Waals surface area contributed by atoms with Crippen LogP contribution in [0.1, 0.15) is 12.0 Å². The summed E-state index contributed by atoms with van der Waals surface area (Å²) < 4.78 is 24.6. The van der Waals surface area contributed by atoms with Gasteiger partial charge in [-0.1, -0.05) is 23.2 Å². The average Bonchev–Trinajstić information content (AvgIpc) is 2.02. The molecule has 0 spiro atoms. The molecule has 14 heavy (non-hydrogen) atoms. The van der Waals surface area contributed by atoms with Gasteiger partial charge in [0, 0.05) is 0 Å². The molecule has 0 saturated carbocycles. The highest BCUT2D eigenvalue weighted by Crippen LogP contribution is 2.37. The maximum Gasteiger partial charge on any atom is 0.306 e. The molecule has 0 unspecified atom stereocenters. The molecule has 0 aliphatic heterocycles. The van der Waals surface area contributed by atoms with E-state index in [4.69, 9.17) is 23.2 Å². The molecular weight excluding hydrogens is 241 g/mol. The molecule has 0 atom stereocenters. The van der Waals surface area contributed by atoms with E-state index in [0.717, 1.165) is 6.20 Å². The lowest BCUT2D eigenvalue weighted by molar-refractivity contribution is -0.385. The first-order valence-electron chi connectivity index (χ1n) is 3.21. The smallest absolute Gasteiger partial charge is 0.258 e. The Bertz CT molecular complexity index is 386. The number of halogens is 4. The molecule has 0 aliphatic carbocycles. The predicted octanol–water partition coefficient (Wildman–Crippen LogP) is 3.23. The summed E-state index contributed by atoms with van der Waals surface area (Å²) in [4.78, 5) is 12.6. The first-order chi connectivity index (χ1) is 6.45. The van der Waals surface area contributed by atoms with Crippen molar-refractivity contribution < 1.29 is 13.7 Å². The Morgan fingerprint density at radius 2 is 2.07 bits per heavy atom. The van der Waals surface area contributed by atoms with Crippen molar-refractivity contribution in [2.75, 3.05) is 0 Å². The first-order valence-corrected chi connectivity index (χ1v) is 3.97. The molecule has 0 aromatic carbocycles. The molecule has 1 rings (SSSR count). The number of hydrogen-bond donors (Lipinski definition) is 0. The minimum Gasteiger partial charge on any atom is -0.258 e. The van der Waals surface area contributed by atoms with Crippen LogP contribution in [-0.2, 0) is 0 Å². The Morgan fingerprint density at radius 1 is 1.50 bits per heavy atom. The molecule has 1 aromatic rings. The molecule has 0 bridgehead atoms. The normalized spacial score (nSPS) is 10.6. The van der Waals surface area contributed by atoms with Crippen LogP contribution in [0.25, 0.3) is 0 Å². The predicted molar refractivity (Wildman–Crippen MR) is 45.9 cm³/mol. The highest BCUT2D eigenvalue weighted by atomic mass is 35.5. The molecule has 0 amide bonds. The highest BCUT2D eigenvalue weighted by molar-refractivity contribution is 6.36. The van der Waals surface area contributed by atoms with E-state index >= 15 is 0 Å². The van der Waals surface area contributed by atoms with Crippen molar-refractivity contribution in [3.05, 3.63) is 32.1 Å². The van der Waals surface area contributed by atoms with E-state index in [2.05, 4.69) is 4.98 Å². The zero-order valence-electron chi connectivity index (χ0n) is 6.38. The third kappa shape index (κ3) is 1.91. The number of hydrogen-bond acceptors (Lipinski definition) is 3. The third-order valence-corrected chi connectivity index (χ3v) is 2.10. The number of alkyl halides is 2. The largest absolute Gasteiger partial charge is 0.306 e. The lowest BCUT2D eigenvalue weighted by atomic mass is 10.2. The van der Waals surface area contributed by atoms with Gasteiger partial charge in [0.2, 0.25) is 0 Å². The van der Waals surface area contributed by atoms with Crippen molar-refractivity contribution in [1.82, 2.24) is 4.98 Å². The summed E-state index contributed by atoms with van der Waals surface area (Å²) in [5, 5.41) is 9.09. The third-order valence-electron chi connectivity index (χ3n) is 1.40. The molecule has 0 N–H and O–H groups in total. The minimum atomic E-state index is -3.00. The number of rotatable bonds is 2. The number of pyridine rings is 1. The van der Waals surface area contributed by atoms with Gasteiger partial charge in [0.05, 0.1) is 10.5 Å². The molecular formula is C6H2Cl2F2N2O2. The summed E-state index contributed by atoms with van der Waals surface area (Å²) in [6.07, 6.45) is -2.27. The van der Waals surface area contributed by atoms with Crippen molar-refractivity contribution in [3.8, 4) is 0 Å². The second-order valence-electron chi connectivity index (χ2n) is 2.22. The lowest BCUT2D eigenvalue weighted by Crippen LogP contribution is -1.97. The average molecular weight is 243 g/mol. The van der Waals surface area contributed by atoms with Crippen LogP contribution >= 0.6 is 23.2 Å². The van der Waals surface area contributed by atoms with E-state index in [1.807, 2.05) is 0 Å². The van der Waals surface area contributed by atoms with Crippen molar-refractivity contribution in [1.29, 1.82) is 0 Å². The van der Waals surface area contributed by atoms with Gasteiger partial charge in [0.25, 0.3) is 6.43 Å². The van der Waals surface area contributed by atoms with Crippen LogP contribution in [0.4, 0.5) is 14.5 Å². The number of nitro groups is 1. The van der Waals surface area contributed by atoms with E-state index in [-0.39, 0.29) is 0 Å². The lowest BCUT2D eigenvalue weighted by Gasteiger charge is -2.04. The standard InChI is InChI=1S/C6H2Cl2F2N2O2/c7-4-2(12(13)14)1-11-5(8)3(4)6(9)10/h1,6H. The fourth-order valence-corrected chi connectivity index (χ4v) is 1.35. The quantitative estimate of drug-likeness (QED) is 0.455. The van der Waals surface area contributed by atoms with E-state index in [1.165, 1.54) is 0 Å². The Kier molecular flexibility index (Phi) is 3.17. The van der Waals surface area contributed by atoms with Crippen LogP contribution in [0.5, 0.6) is 0 Å². The molecule has 0 aliphatic rings. The van der Waals surface area contributed by atoms with Crippen molar-refractivity contribution in [2.45, 2.75) is 6.43 Å². The maximum atomic E-state index is 12.3. The fraction of sp³-hybridized carbons (Fsp3) is 0.167. The van der Waals surface area contributed by atoms with Crippen LogP contribution in [0.2, 0.25) is 10.2 Å². The van der Waals surface area contributed by atoms with Gasteiger partial charge in [-0.2, -0.15) is 0 Å². The van der Waals surface area contributed by atoms with Gasteiger partial charge in [-0.15, -0.1) is 0 Å². The topological polar surface area (TPSA) is 56.0 Å². The van der Waals surface area contributed by atoms with Crippen LogP contribution < -0.4 is 0 Å². The van der Waals surface area contributed by atoms with E-state index in [1.54, 1.807) is 0 Å². The van der Waals surface area contributed by atoms with Crippen molar-refractivity contribution >= 4 is 28.9 Å². The highest BCUT2D eigenvalue weighted by Gasteiger charge is 2.25. The Balaban J connectivity index is 3.41. The Morgan fingerprint density at radius 3 is 2.50 bits per heavy atom. The maximum absolute atomic E-state index is 12.3. The van der Waals surface area contributed by atoms with Crippen LogP contribution in [0.15, 0.2) is 6.20 Å². The zero-order chi connectivity index (χ0) is 10.9. The van der Waals surface area contributed by atoms with Crippen LogP contribution in [0, 0.1) is 10.1 Å². The first kappa shape index (κ1) is 11.1. The van der Waals surface area contributed by atoms with E-state index in [0.29, 0.717) is 0 Å². The molecule has 1 aromatic heterocycles. The molecule has 0 fully saturated rings. The Labute approximate surface area is 86.6 Å². The summed E-state index contributed by atoms with van der Waals surface area (Å²) in [5.74, 6) is 0. The van der Waals surface area contributed by atoms with Gasteiger partial charge in [-0.05, 0) is 0 Å². The summed E-state index contributed by atoms with van der Waals surface area (Å²) in [6, 6.07) is 0. The number of aromatic nitrogens is 1. The fourth-order valence-electron chi connectivity index (χ4n) is 0.786. The van der Waals surface area contributed by atoms with Gasteiger partial charge in [0.15, 0.2) is 0 Å². The summed E-state index contributed by atoms with van der Waals surface area (Å²) in [6.45, 7) is 0. The summed E-state index contributed by atoms with van der Waals surface area (Å²) in [7, 11) is 0. The van der Waals surface area contributed by atoms with Crippen LogP contribution in [-0.4, -0.2) is 9.91 Å². The van der Waals surface area contributed by atoms with Gasteiger partial charge in [-0.25, -0.2) is 13.8 Å². The summed E-state index contributed by atoms with van der Waals surface area (Å²) >= 11 is 10.7. The van der Waals surface area contributed by atoms with Crippen molar-refractivity contribution in [3.63, 3.8) is 0 Å². The van der Waals surface area contributed by atoms with Gasteiger partial charge in [0.1, 0.15) is 16.4 Å². The number of nitrogens with zero attached hydrogens (tertiary/aromatic N) is 2. The van der Waals surface area contributed by atoms with E-state index in [9.17, 15) is 18.9 Å². The molecule has 4 nitrogen and oxygen atoms in total. The molecule has 0 saturated heterocycles. The molecule has 1 heterocycles.